The SMILES string of the molecule is COc1cc(N2C(N)=NN(c3ccncc3)C2N)cc(OC)c1OC. The van der Waals surface area contributed by atoms with E-state index in [1.54, 1.807) is 67.9 Å². The molecule has 25 heavy (non-hydrogen) atoms. The zero-order valence-electron chi connectivity index (χ0n) is 14.2. The third-order valence-electron chi connectivity index (χ3n) is 3.83. The van der Waals surface area contributed by atoms with Crippen LogP contribution in [0.3, 0.4) is 0 Å². The van der Waals surface area contributed by atoms with Crippen molar-refractivity contribution in [1.29, 1.82) is 0 Å². The summed E-state index contributed by atoms with van der Waals surface area (Å²) in [6, 6.07) is 7.13. The lowest BCUT2D eigenvalue weighted by molar-refractivity contribution is 0.324. The standard InChI is InChI=1S/C16H20N6O3/c1-23-12-8-11(9-13(24-2)14(12)25-3)21-15(17)20-22(16(21)18)10-4-6-19-7-5-10/h4-9,16H,18H2,1-3H3,(H2,17,20). The average molecular weight is 344 g/mol. The van der Waals surface area contributed by atoms with Gasteiger partial charge in [0.25, 0.3) is 0 Å². The van der Waals surface area contributed by atoms with Crippen LogP contribution in [-0.2, 0) is 0 Å². The first-order chi connectivity index (χ1) is 12.1. The first-order valence-electron chi connectivity index (χ1n) is 7.49. The van der Waals surface area contributed by atoms with Crippen LogP contribution < -0.4 is 35.6 Å². The van der Waals surface area contributed by atoms with E-state index in [1.165, 1.54) is 0 Å². The van der Waals surface area contributed by atoms with E-state index in [2.05, 4.69) is 10.1 Å². The normalized spacial score (nSPS) is 16.6. The van der Waals surface area contributed by atoms with Crippen molar-refractivity contribution >= 4 is 17.3 Å². The van der Waals surface area contributed by atoms with Gasteiger partial charge in [-0.05, 0) is 12.1 Å². The van der Waals surface area contributed by atoms with Crippen LogP contribution in [0.4, 0.5) is 11.4 Å². The molecule has 0 amide bonds. The number of guanidine groups is 1. The van der Waals surface area contributed by atoms with E-state index >= 15 is 0 Å². The molecule has 9 heteroatoms. The Morgan fingerprint density at radius 1 is 0.960 bits per heavy atom. The number of hydrogen-bond donors (Lipinski definition) is 2. The molecule has 0 saturated heterocycles. The van der Waals surface area contributed by atoms with E-state index in [0.717, 1.165) is 5.69 Å². The quantitative estimate of drug-likeness (QED) is 0.823. The first-order valence-corrected chi connectivity index (χ1v) is 7.49. The largest absolute Gasteiger partial charge is 0.493 e. The summed E-state index contributed by atoms with van der Waals surface area (Å²) in [6.07, 6.45) is 2.69. The number of nitrogens with zero attached hydrogens (tertiary/aromatic N) is 4. The molecule has 0 spiro atoms. The predicted octanol–water partition coefficient (Wildman–Crippen LogP) is 0.906. The van der Waals surface area contributed by atoms with Crippen LogP contribution in [0.1, 0.15) is 0 Å². The van der Waals surface area contributed by atoms with Crippen LogP contribution in [0.5, 0.6) is 17.2 Å². The van der Waals surface area contributed by atoms with E-state index in [0.29, 0.717) is 22.9 Å². The number of pyridine rings is 1. The van der Waals surface area contributed by atoms with Gasteiger partial charge in [0.2, 0.25) is 11.7 Å². The number of nitrogens with two attached hydrogens (primary N) is 2. The van der Waals surface area contributed by atoms with Gasteiger partial charge in [-0.15, -0.1) is 5.10 Å². The molecule has 4 N–H and O–H groups in total. The number of anilines is 2. The van der Waals surface area contributed by atoms with Gasteiger partial charge in [0, 0.05) is 24.5 Å². The molecule has 2 heterocycles. The second-order valence-corrected chi connectivity index (χ2v) is 5.18. The lowest BCUT2D eigenvalue weighted by Crippen LogP contribution is -2.50. The maximum atomic E-state index is 6.36. The minimum Gasteiger partial charge on any atom is -0.493 e. The van der Waals surface area contributed by atoms with E-state index in [4.69, 9.17) is 25.7 Å². The predicted molar refractivity (Wildman–Crippen MR) is 94.9 cm³/mol. The Kier molecular flexibility index (Phi) is 4.48. The smallest absolute Gasteiger partial charge is 0.221 e. The highest BCUT2D eigenvalue weighted by Gasteiger charge is 2.33. The van der Waals surface area contributed by atoms with Crippen LogP contribution in [0.15, 0.2) is 41.8 Å². The van der Waals surface area contributed by atoms with E-state index in [9.17, 15) is 0 Å². The molecule has 0 saturated carbocycles. The zero-order chi connectivity index (χ0) is 18.0. The van der Waals surface area contributed by atoms with Gasteiger partial charge < -0.3 is 19.9 Å². The fraction of sp³-hybridized carbons (Fsp3) is 0.250. The molecule has 9 nitrogen and oxygen atoms in total. The molecule has 1 aromatic carbocycles. The van der Waals surface area contributed by atoms with Gasteiger partial charge in [0.1, 0.15) is 0 Å². The van der Waals surface area contributed by atoms with Gasteiger partial charge in [-0.25, -0.2) is 5.01 Å². The van der Waals surface area contributed by atoms with Gasteiger partial charge >= 0.3 is 0 Å². The second-order valence-electron chi connectivity index (χ2n) is 5.18. The minimum absolute atomic E-state index is 0.249. The Balaban J connectivity index is 2.01. The molecule has 0 radical (unpaired) electrons. The summed E-state index contributed by atoms with van der Waals surface area (Å²) in [4.78, 5) is 5.67. The number of rotatable bonds is 5. The Bertz CT molecular complexity index is 758. The summed E-state index contributed by atoms with van der Waals surface area (Å²) in [7, 11) is 4.64. The monoisotopic (exact) mass is 344 g/mol. The Hall–Kier alpha value is -3.20. The van der Waals surface area contributed by atoms with Gasteiger partial charge in [0.15, 0.2) is 17.8 Å². The average Bonchev–Trinajstić information content (AvgIpc) is 2.95. The highest BCUT2D eigenvalue weighted by atomic mass is 16.5. The van der Waals surface area contributed by atoms with Crippen molar-refractivity contribution in [1.82, 2.24) is 4.98 Å². The number of benzene rings is 1. The number of hydrogen-bond acceptors (Lipinski definition) is 9. The minimum atomic E-state index is -0.634. The van der Waals surface area contributed by atoms with Crippen molar-refractivity contribution in [2.75, 3.05) is 31.2 Å². The van der Waals surface area contributed by atoms with E-state index < -0.39 is 6.29 Å². The Labute approximate surface area is 145 Å². The fourth-order valence-corrected chi connectivity index (χ4v) is 2.66. The van der Waals surface area contributed by atoms with E-state index in [1.807, 2.05) is 0 Å². The van der Waals surface area contributed by atoms with Crippen molar-refractivity contribution in [2.45, 2.75) is 6.29 Å². The molecule has 1 atom stereocenters. The van der Waals surface area contributed by atoms with Gasteiger partial charge in [-0.2, -0.15) is 0 Å². The summed E-state index contributed by atoms with van der Waals surface area (Å²) in [5, 5.41) is 5.95. The molecule has 0 bridgehead atoms. The molecular weight excluding hydrogens is 324 g/mol. The number of methoxy groups -OCH3 is 3. The lowest BCUT2D eigenvalue weighted by atomic mass is 10.2. The lowest BCUT2D eigenvalue weighted by Gasteiger charge is -2.28. The molecule has 3 rings (SSSR count). The molecular formula is C16H20N6O3. The van der Waals surface area contributed by atoms with Crippen LogP contribution >= 0.6 is 0 Å². The number of ether oxygens (including phenoxy) is 3. The molecule has 0 fully saturated rings. The fourth-order valence-electron chi connectivity index (χ4n) is 2.66. The van der Waals surface area contributed by atoms with Crippen molar-refractivity contribution in [3.63, 3.8) is 0 Å². The first kappa shape index (κ1) is 16.7. The number of aromatic nitrogens is 1. The van der Waals surface area contributed by atoms with Crippen molar-refractivity contribution < 1.29 is 14.2 Å². The molecule has 2 aromatic rings. The molecule has 0 aliphatic carbocycles. The maximum Gasteiger partial charge on any atom is 0.221 e. The number of hydrazone groups is 1. The highest BCUT2D eigenvalue weighted by molar-refractivity contribution is 5.99. The topological polar surface area (TPSA) is 111 Å². The van der Waals surface area contributed by atoms with Crippen LogP contribution in [0, 0.1) is 0 Å². The summed E-state index contributed by atoms with van der Waals surface area (Å²) in [6.45, 7) is 0. The molecule has 132 valence electrons. The van der Waals surface area contributed by atoms with Crippen molar-refractivity contribution in [3.05, 3.63) is 36.7 Å². The summed E-state index contributed by atoms with van der Waals surface area (Å²) >= 11 is 0. The van der Waals surface area contributed by atoms with Crippen molar-refractivity contribution in [3.8, 4) is 17.2 Å². The molecule has 1 aliphatic rings. The zero-order valence-corrected chi connectivity index (χ0v) is 14.2. The van der Waals surface area contributed by atoms with Gasteiger partial charge in [-0.1, -0.05) is 0 Å². The van der Waals surface area contributed by atoms with Crippen molar-refractivity contribution in [2.24, 2.45) is 16.6 Å². The van der Waals surface area contributed by atoms with Crippen LogP contribution in [0.2, 0.25) is 0 Å². The Morgan fingerprint density at radius 3 is 2.08 bits per heavy atom. The van der Waals surface area contributed by atoms with Crippen LogP contribution in [-0.4, -0.2) is 38.6 Å². The molecule has 1 aliphatic heterocycles. The summed E-state index contributed by atoms with van der Waals surface area (Å²) in [5.74, 6) is 1.74. The summed E-state index contributed by atoms with van der Waals surface area (Å²) in [5.41, 5.74) is 13.9. The molecule has 1 unspecified atom stereocenters. The van der Waals surface area contributed by atoms with Gasteiger partial charge in [-0.3, -0.25) is 15.6 Å². The third-order valence-corrected chi connectivity index (χ3v) is 3.83. The second kappa shape index (κ2) is 6.73. The Morgan fingerprint density at radius 2 is 1.56 bits per heavy atom. The van der Waals surface area contributed by atoms with Gasteiger partial charge in [0.05, 0.1) is 32.7 Å². The highest BCUT2D eigenvalue weighted by Crippen LogP contribution is 2.42. The molecule has 1 aromatic heterocycles. The summed E-state index contributed by atoms with van der Waals surface area (Å²) < 4.78 is 16.1. The third kappa shape index (κ3) is 2.85. The van der Waals surface area contributed by atoms with Crippen LogP contribution in [0.25, 0.3) is 0 Å². The maximum absolute atomic E-state index is 6.36. The van der Waals surface area contributed by atoms with E-state index in [-0.39, 0.29) is 5.96 Å².